The molecule has 168 valence electrons. The number of hydrogen-bond acceptors (Lipinski definition) is 5. The predicted molar refractivity (Wildman–Crippen MR) is 124 cm³/mol. The zero-order valence-corrected chi connectivity index (χ0v) is 18.7. The summed E-state index contributed by atoms with van der Waals surface area (Å²) < 4.78 is 27.7. The van der Waals surface area contributed by atoms with Gasteiger partial charge in [-0.15, -0.1) is 0 Å². The van der Waals surface area contributed by atoms with Gasteiger partial charge in [-0.3, -0.25) is 4.79 Å². The van der Waals surface area contributed by atoms with E-state index < -0.39 is 5.92 Å². The van der Waals surface area contributed by atoms with Gasteiger partial charge in [0, 0.05) is 52.8 Å². The van der Waals surface area contributed by atoms with Crippen LogP contribution in [0.15, 0.2) is 53.5 Å². The average Bonchev–Trinajstić information content (AvgIpc) is 2.75. The van der Waals surface area contributed by atoms with Crippen LogP contribution in [0.1, 0.15) is 24.1 Å². The number of anilines is 1. The molecule has 0 aliphatic heterocycles. The summed E-state index contributed by atoms with van der Waals surface area (Å²) in [6.07, 6.45) is 1.04. The third-order valence-corrected chi connectivity index (χ3v) is 6.12. The van der Waals surface area contributed by atoms with E-state index >= 15 is 0 Å². The third-order valence-electron chi connectivity index (χ3n) is 5.86. The third kappa shape index (κ3) is 4.06. The molecule has 5 rings (SSSR count). The highest BCUT2D eigenvalue weighted by atomic mass is 35.5. The minimum absolute atomic E-state index is 0.240. The Morgan fingerprint density at radius 3 is 2.55 bits per heavy atom. The van der Waals surface area contributed by atoms with Gasteiger partial charge in [-0.25, -0.2) is 18.7 Å². The van der Waals surface area contributed by atoms with Gasteiger partial charge >= 0.3 is 0 Å². The molecule has 0 radical (unpaired) electrons. The number of aryl methyl sites for hydroxylation is 2. The van der Waals surface area contributed by atoms with Crippen molar-refractivity contribution >= 4 is 28.3 Å². The lowest BCUT2D eigenvalue weighted by Gasteiger charge is -2.35. The molecule has 33 heavy (non-hydrogen) atoms. The molecule has 1 fully saturated rings. The first-order valence-corrected chi connectivity index (χ1v) is 10.9. The van der Waals surface area contributed by atoms with Crippen molar-refractivity contribution in [1.82, 2.24) is 19.7 Å². The Bertz CT molecular complexity index is 1430. The molecule has 0 bridgehead atoms. The van der Waals surface area contributed by atoms with Crippen molar-refractivity contribution < 1.29 is 8.78 Å². The lowest BCUT2D eigenvalue weighted by atomic mass is 9.88. The molecule has 6 nitrogen and oxygen atoms in total. The quantitative estimate of drug-likeness (QED) is 0.439. The van der Waals surface area contributed by atoms with Crippen LogP contribution in [0, 0.1) is 13.8 Å². The lowest BCUT2D eigenvalue weighted by Crippen LogP contribution is -2.44. The maximum absolute atomic E-state index is 13.4. The fraction of sp³-hybridized carbons (Fsp3) is 0.250. The van der Waals surface area contributed by atoms with Crippen LogP contribution in [-0.2, 0) is 0 Å². The van der Waals surface area contributed by atoms with E-state index in [4.69, 9.17) is 11.6 Å². The van der Waals surface area contributed by atoms with Crippen LogP contribution in [-0.4, -0.2) is 31.7 Å². The summed E-state index contributed by atoms with van der Waals surface area (Å²) in [5.41, 5.74) is 3.45. The summed E-state index contributed by atoms with van der Waals surface area (Å²) >= 11 is 6.06. The van der Waals surface area contributed by atoms with Crippen molar-refractivity contribution in [1.29, 1.82) is 0 Å². The monoisotopic (exact) mass is 467 g/mol. The molecular formula is C24H20ClF2N5O. The Morgan fingerprint density at radius 2 is 1.85 bits per heavy atom. The number of halogens is 3. The summed E-state index contributed by atoms with van der Waals surface area (Å²) in [5, 5.41) is 8.90. The number of aromatic nitrogens is 4. The van der Waals surface area contributed by atoms with Crippen LogP contribution in [0.4, 0.5) is 14.6 Å². The molecule has 4 aromatic rings. The van der Waals surface area contributed by atoms with Crippen molar-refractivity contribution in [2.24, 2.45) is 0 Å². The van der Waals surface area contributed by atoms with Crippen LogP contribution >= 0.6 is 11.6 Å². The molecule has 1 aliphatic rings. The van der Waals surface area contributed by atoms with Gasteiger partial charge < -0.3 is 5.32 Å². The molecule has 9 heteroatoms. The Labute approximate surface area is 193 Å². The molecule has 0 amide bonds. The Balaban J connectivity index is 1.65. The van der Waals surface area contributed by atoms with Crippen LogP contribution in [0.3, 0.4) is 0 Å². The molecule has 0 atom stereocenters. The first-order valence-electron chi connectivity index (χ1n) is 10.5. The second kappa shape index (κ2) is 7.88. The Morgan fingerprint density at radius 1 is 1.12 bits per heavy atom. The standard InChI is InChI=1S/C24H20ClF2N5O/c1-13-9-19-21(15-3-5-16(25)6-4-15)31-32(23(33)22(19)29-14(13)2)18-7-8-28-20(10-18)30-17-11-24(26,27)12-17/h3-10,17H,11-12H2,1-2H3,(H,28,30). The minimum Gasteiger partial charge on any atom is -0.367 e. The molecular weight excluding hydrogens is 448 g/mol. The van der Waals surface area contributed by atoms with Gasteiger partial charge in [0.2, 0.25) is 0 Å². The molecule has 1 N–H and O–H groups in total. The van der Waals surface area contributed by atoms with E-state index in [1.54, 1.807) is 24.3 Å². The van der Waals surface area contributed by atoms with E-state index in [0.717, 1.165) is 16.8 Å². The fourth-order valence-electron chi connectivity index (χ4n) is 3.95. The van der Waals surface area contributed by atoms with E-state index in [1.165, 1.54) is 10.9 Å². The molecule has 3 aromatic heterocycles. The van der Waals surface area contributed by atoms with Crippen LogP contribution in [0.2, 0.25) is 5.02 Å². The summed E-state index contributed by atoms with van der Waals surface area (Å²) in [4.78, 5) is 22.2. The number of benzene rings is 1. The van der Waals surface area contributed by atoms with Gasteiger partial charge in [0.1, 0.15) is 17.0 Å². The molecule has 0 spiro atoms. The normalized spacial score (nSPS) is 15.4. The number of fused-ring (bicyclic) bond motifs is 1. The van der Waals surface area contributed by atoms with Crippen molar-refractivity contribution in [3.05, 3.63) is 75.3 Å². The van der Waals surface area contributed by atoms with Gasteiger partial charge in [0.15, 0.2) is 0 Å². The topological polar surface area (TPSA) is 72.7 Å². The van der Waals surface area contributed by atoms with Crippen LogP contribution in [0.25, 0.3) is 27.8 Å². The van der Waals surface area contributed by atoms with Crippen LogP contribution < -0.4 is 10.9 Å². The van der Waals surface area contributed by atoms with E-state index in [9.17, 15) is 13.6 Å². The van der Waals surface area contributed by atoms with Crippen molar-refractivity contribution in [3.8, 4) is 16.9 Å². The number of nitrogens with one attached hydrogen (secondary N) is 1. The predicted octanol–water partition coefficient (Wildman–Crippen LogP) is 5.32. The average molecular weight is 468 g/mol. The number of nitrogens with zero attached hydrogens (tertiary/aromatic N) is 4. The fourth-order valence-corrected chi connectivity index (χ4v) is 4.07. The molecule has 1 saturated carbocycles. The van der Waals surface area contributed by atoms with Crippen LogP contribution in [0.5, 0.6) is 0 Å². The molecule has 3 heterocycles. The highest BCUT2D eigenvalue weighted by Crippen LogP contribution is 2.39. The zero-order valence-electron chi connectivity index (χ0n) is 17.9. The maximum atomic E-state index is 13.4. The minimum atomic E-state index is -2.64. The van der Waals surface area contributed by atoms with E-state index in [0.29, 0.717) is 33.1 Å². The lowest BCUT2D eigenvalue weighted by molar-refractivity contribution is -0.0794. The van der Waals surface area contributed by atoms with E-state index in [-0.39, 0.29) is 24.4 Å². The van der Waals surface area contributed by atoms with Gasteiger partial charge in [-0.05, 0) is 43.7 Å². The van der Waals surface area contributed by atoms with Crippen molar-refractivity contribution in [2.45, 2.75) is 38.7 Å². The van der Waals surface area contributed by atoms with Gasteiger partial charge in [-0.1, -0.05) is 23.7 Å². The Kier molecular flexibility index (Phi) is 5.12. The summed E-state index contributed by atoms with van der Waals surface area (Å²) in [6.45, 7) is 3.79. The van der Waals surface area contributed by atoms with Crippen molar-refractivity contribution in [3.63, 3.8) is 0 Å². The molecule has 1 aliphatic carbocycles. The first kappa shape index (κ1) is 21.5. The molecule has 0 saturated heterocycles. The largest absolute Gasteiger partial charge is 0.367 e. The Hall–Kier alpha value is -3.39. The summed E-state index contributed by atoms with van der Waals surface area (Å²) in [7, 11) is 0. The zero-order chi connectivity index (χ0) is 23.3. The number of hydrogen-bond donors (Lipinski definition) is 1. The SMILES string of the molecule is Cc1cc2c(-c3ccc(Cl)cc3)nn(-c3ccnc(NC4CC(F)(F)C4)c3)c(=O)c2nc1C. The first-order chi connectivity index (χ1) is 15.7. The highest BCUT2D eigenvalue weighted by molar-refractivity contribution is 6.30. The second-order valence-electron chi connectivity index (χ2n) is 8.36. The number of pyridine rings is 2. The molecule has 1 aromatic carbocycles. The second-order valence-corrected chi connectivity index (χ2v) is 8.80. The molecule has 0 unspecified atom stereocenters. The highest BCUT2D eigenvalue weighted by Gasteiger charge is 2.45. The van der Waals surface area contributed by atoms with Gasteiger partial charge in [0.25, 0.3) is 11.5 Å². The van der Waals surface area contributed by atoms with Gasteiger partial charge in [0.05, 0.1) is 5.69 Å². The summed E-state index contributed by atoms with van der Waals surface area (Å²) in [5.74, 6) is -2.23. The van der Waals surface area contributed by atoms with Gasteiger partial charge in [-0.2, -0.15) is 9.78 Å². The van der Waals surface area contributed by atoms with E-state index in [1.807, 2.05) is 32.0 Å². The van der Waals surface area contributed by atoms with Crippen molar-refractivity contribution in [2.75, 3.05) is 5.32 Å². The maximum Gasteiger partial charge on any atom is 0.298 e. The smallest absolute Gasteiger partial charge is 0.298 e. The number of rotatable bonds is 4. The van der Waals surface area contributed by atoms with E-state index in [2.05, 4.69) is 20.4 Å². The number of alkyl halides is 2. The summed E-state index contributed by atoms with van der Waals surface area (Å²) in [6, 6.07) is 12.0.